The highest BCUT2D eigenvalue weighted by atomic mass is 16.1. The van der Waals surface area contributed by atoms with Crippen molar-refractivity contribution >= 4 is 5.78 Å². The molecule has 2 heteroatoms. The molecule has 0 bridgehead atoms. The van der Waals surface area contributed by atoms with E-state index in [0.29, 0.717) is 17.6 Å². The Morgan fingerprint density at radius 3 is 2.41 bits per heavy atom. The highest BCUT2D eigenvalue weighted by Crippen LogP contribution is 2.32. The predicted octanol–water partition coefficient (Wildman–Crippen LogP) is 3.36. The van der Waals surface area contributed by atoms with Crippen LogP contribution in [0.4, 0.5) is 0 Å². The van der Waals surface area contributed by atoms with Gasteiger partial charge in [0.2, 0.25) is 0 Å². The van der Waals surface area contributed by atoms with Crippen molar-refractivity contribution in [3.8, 4) is 0 Å². The van der Waals surface area contributed by atoms with Gasteiger partial charge in [0.25, 0.3) is 0 Å². The Hall–Kier alpha value is -0.370. The number of hydrogen-bond acceptors (Lipinski definition) is 2. The van der Waals surface area contributed by atoms with Gasteiger partial charge < -0.3 is 4.90 Å². The molecule has 1 rings (SSSR count). The number of rotatable bonds is 4. The standard InChI is InChI=1S/C15H29NO/c1-7-15(4,5)16(6)10-13-12(3)8-11(2)9-14(13)17/h11-13H,7-10H2,1-6H3. The molecule has 100 valence electrons. The summed E-state index contributed by atoms with van der Waals surface area (Å²) < 4.78 is 0. The summed E-state index contributed by atoms with van der Waals surface area (Å²) in [7, 11) is 2.15. The fraction of sp³-hybridized carbons (Fsp3) is 0.933. The van der Waals surface area contributed by atoms with Crippen molar-refractivity contribution in [1.29, 1.82) is 0 Å². The summed E-state index contributed by atoms with van der Waals surface area (Å²) in [6.07, 6.45) is 3.11. The summed E-state index contributed by atoms with van der Waals surface area (Å²) in [6, 6.07) is 0. The molecule has 0 N–H and O–H groups in total. The monoisotopic (exact) mass is 239 g/mol. The van der Waals surface area contributed by atoms with Crippen LogP contribution < -0.4 is 0 Å². The van der Waals surface area contributed by atoms with Gasteiger partial charge in [-0.05, 0) is 45.6 Å². The summed E-state index contributed by atoms with van der Waals surface area (Å²) in [5, 5.41) is 0. The Kier molecular flexibility index (Phi) is 4.77. The van der Waals surface area contributed by atoms with E-state index in [1.165, 1.54) is 6.42 Å². The van der Waals surface area contributed by atoms with Crippen LogP contribution in [0.25, 0.3) is 0 Å². The van der Waals surface area contributed by atoms with E-state index in [0.717, 1.165) is 19.4 Å². The molecule has 1 aliphatic rings. The normalized spacial score (nSPS) is 31.0. The van der Waals surface area contributed by atoms with Crippen LogP contribution >= 0.6 is 0 Å². The maximum Gasteiger partial charge on any atom is 0.137 e. The summed E-state index contributed by atoms with van der Waals surface area (Å²) in [5.74, 6) is 1.86. The van der Waals surface area contributed by atoms with Crippen LogP contribution in [0.1, 0.15) is 53.9 Å². The average molecular weight is 239 g/mol. The molecule has 1 saturated carbocycles. The number of nitrogens with zero attached hydrogens (tertiary/aromatic N) is 1. The number of carbonyl (C=O) groups excluding carboxylic acids is 1. The number of hydrogen-bond donors (Lipinski definition) is 0. The van der Waals surface area contributed by atoms with E-state index in [2.05, 4.69) is 46.6 Å². The van der Waals surface area contributed by atoms with Gasteiger partial charge >= 0.3 is 0 Å². The molecule has 2 nitrogen and oxygen atoms in total. The number of Topliss-reactive ketones (excluding diaryl/α,β-unsaturated/α-hetero) is 1. The van der Waals surface area contributed by atoms with Gasteiger partial charge in [-0.1, -0.05) is 20.8 Å². The van der Waals surface area contributed by atoms with E-state index in [-0.39, 0.29) is 11.5 Å². The zero-order chi connectivity index (χ0) is 13.2. The van der Waals surface area contributed by atoms with Crippen LogP contribution in [0.5, 0.6) is 0 Å². The summed E-state index contributed by atoms with van der Waals surface area (Å²) in [6.45, 7) is 12.1. The fourth-order valence-corrected chi connectivity index (χ4v) is 2.79. The predicted molar refractivity (Wildman–Crippen MR) is 73.1 cm³/mol. The molecule has 0 aromatic rings. The van der Waals surface area contributed by atoms with Crippen molar-refractivity contribution in [1.82, 2.24) is 4.90 Å². The minimum absolute atomic E-state index is 0.197. The fourth-order valence-electron chi connectivity index (χ4n) is 2.79. The average Bonchev–Trinajstić information content (AvgIpc) is 2.22. The molecule has 1 fully saturated rings. The molecule has 0 aromatic carbocycles. The third-order valence-electron chi connectivity index (χ3n) is 4.79. The zero-order valence-electron chi connectivity index (χ0n) is 12.4. The number of carbonyl (C=O) groups is 1. The van der Waals surface area contributed by atoms with Crippen LogP contribution in [0, 0.1) is 17.8 Å². The highest BCUT2D eigenvalue weighted by molar-refractivity contribution is 5.82. The zero-order valence-corrected chi connectivity index (χ0v) is 12.4. The second kappa shape index (κ2) is 5.51. The van der Waals surface area contributed by atoms with E-state index in [1.54, 1.807) is 0 Å². The second-order valence-electron chi connectivity index (χ2n) is 6.64. The maximum atomic E-state index is 12.1. The van der Waals surface area contributed by atoms with Gasteiger partial charge in [-0.2, -0.15) is 0 Å². The van der Waals surface area contributed by atoms with Crippen molar-refractivity contribution in [3.63, 3.8) is 0 Å². The molecule has 3 unspecified atom stereocenters. The van der Waals surface area contributed by atoms with Gasteiger partial charge in [-0.3, -0.25) is 4.79 Å². The lowest BCUT2D eigenvalue weighted by Crippen LogP contribution is -2.47. The largest absolute Gasteiger partial charge is 0.301 e. The van der Waals surface area contributed by atoms with Crippen LogP contribution in [-0.2, 0) is 4.79 Å². The molecule has 1 aliphatic carbocycles. The van der Waals surface area contributed by atoms with E-state index >= 15 is 0 Å². The first-order chi connectivity index (χ1) is 7.77. The molecule has 17 heavy (non-hydrogen) atoms. The maximum absolute atomic E-state index is 12.1. The summed E-state index contributed by atoms with van der Waals surface area (Å²) in [5.41, 5.74) is 0.197. The van der Waals surface area contributed by atoms with Crippen LogP contribution in [0.3, 0.4) is 0 Å². The van der Waals surface area contributed by atoms with Gasteiger partial charge in [0.1, 0.15) is 5.78 Å². The van der Waals surface area contributed by atoms with Gasteiger partial charge in [0.15, 0.2) is 0 Å². The van der Waals surface area contributed by atoms with Crippen molar-refractivity contribution in [2.75, 3.05) is 13.6 Å². The Balaban J connectivity index is 2.64. The van der Waals surface area contributed by atoms with Crippen LogP contribution in [-0.4, -0.2) is 29.8 Å². The topological polar surface area (TPSA) is 20.3 Å². The lowest BCUT2D eigenvalue weighted by molar-refractivity contribution is -0.129. The molecular weight excluding hydrogens is 210 g/mol. The molecule has 0 aromatic heterocycles. The third-order valence-corrected chi connectivity index (χ3v) is 4.79. The minimum Gasteiger partial charge on any atom is -0.301 e. The van der Waals surface area contributed by atoms with Crippen LogP contribution in [0.15, 0.2) is 0 Å². The molecule has 0 heterocycles. The van der Waals surface area contributed by atoms with E-state index in [4.69, 9.17) is 0 Å². The first kappa shape index (κ1) is 14.7. The first-order valence-electron chi connectivity index (χ1n) is 7.02. The molecule has 0 saturated heterocycles. The van der Waals surface area contributed by atoms with Gasteiger partial charge in [0, 0.05) is 24.4 Å². The minimum atomic E-state index is 0.197. The summed E-state index contributed by atoms with van der Waals surface area (Å²) >= 11 is 0. The summed E-state index contributed by atoms with van der Waals surface area (Å²) in [4.78, 5) is 14.5. The van der Waals surface area contributed by atoms with Crippen molar-refractivity contribution in [3.05, 3.63) is 0 Å². The smallest absolute Gasteiger partial charge is 0.137 e. The van der Waals surface area contributed by atoms with E-state index in [1.807, 2.05) is 0 Å². The lowest BCUT2D eigenvalue weighted by Gasteiger charge is -2.40. The van der Waals surface area contributed by atoms with Crippen molar-refractivity contribution in [2.45, 2.75) is 59.4 Å². The Labute approximate surface area is 107 Å². The Morgan fingerprint density at radius 2 is 1.94 bits per heavy atom. The Morgan fingerprint density at radius 1 is 1.35 bits per heavy atom. The molecule has 0 spiro atoms. The SMILES string of the molecule is CCC(C)(C)N(C)CC1C(=O)CC(C)CC1C. The van der Waals surface area contributed by atoms with Crippen molar-refractivity contribution in [2.24, 2.45) is 17.8 Å². The lowest BCUT2D eigenvalue weighted by atomic mass is 9.74. The van der Waals surface area contributed by atoms with E-state index < -0.39 is 0 Å². The van der Waals surface area contributed by atoms with Gasteiger partial charge in [-0.25, -0.2) is 0 Å². The quantitative estimate of drug-likeness (QED) is 0.750. The first-order valence-corrected chi connectivity index (χ1v) is 7.02. The molecule has 0 radical (unpaired) electrons. The molecule has 0 amide bonds. The van der Waals surface area contributed by atoms with Gasteiger partial charge in [0.05, 0.1) is 0 Å². The highest BCUT2D eigenvalue weighted by Gasteiger charge is 2.35. The molecular formula is C15H29NO. The number of ketones is 1. The molecule has 3 atom stereocenters. The third kappa shape index (κ3) is 3.54. The second-order valence-corrected chi connectivity index (χ2v) is 6.64. The van der Waals surface area contributed by atoms with E-state index in [9.17, 15) is 4.79 Å². The molecule has 0 aliphatic heterocycles. The van der Waals surface area contributed by atoms with Crippen molar-refractivity contribution < 1.29 is 4.79 Å². The van der Waals surface area contributed by atoms with Crippen LogP contribution in [0.2, 0.25) is 0 Å². The van der Waals surface area contributed by atoms with Gasteiger partial charge in [-0.15, -0.1) is 0 Å². The Bertz CT molecular complexity index is 272.